The molecule has 1 atom stereocenters. The summed E-state index contributed by atoms with van der Waals surface area (Å²) in [5.74, 6) is -2.92. The van der Waals surface area contributed by atoms with E-state index in [1.165, 1.54) is 0 Å². The molecule has 0 saturated heterocycles. The van der Waals surface area contributed by atoms with E-state index in [0.29, 0.717) is 41.0 Å². The molecule has 0 N–H and O–H groups in total. The van der Waals surface area contributed by atoms with Crippen molar-refractivity contribution in [1.29, 1.82) is 0 Å². The average molecular weight is 479 g/mol. The maximum atomic E-state index is 15.0. The molecule has 0 heterocycles. The summed E-state index contributed by atoms with van der Waals surface area (Å²) in [6.07, 6.45) is 10.5. The Bertz CT molecular complexity index is 1250. The summed E-state index contributed by atoms with van der Waals surface area (Å²) in [6, 6.07) is 12.8. The minimum absolute atomic E-state index is 0.141. The first-order valence-electron chi connectivity index (χ1n) is 12.3. The molecule has 182 valence electrons. The van der Waals surface area contributed by atoms with Crippen LogP contribution in [0.4, 0.5) is 17.6 Å². The first-order valence-corrected chi connectivity index (χ1v) is 12.3. The molecule has 0 aromatic heterocycles. The standard InChI is InChI=1S/C31H30F4/c1-3-4-5-6-7-24-16-17-25(29(33)28(24)32)22-12-14-23(15-13-22)27-19-18-26(30(34)31(27)35)21-10-8-20(2)9-11-21/h4-5,10,12-20H,3,6-9,11H2,1-2H3/b5-4+. The zero-order valence-corrected chi connectivity index (χ0v) is 20.2. The van der Waals surface area contributed by atoms with Crippen LogP contribution in [0, 0.1) is 29.2 Å². The Morgan fingerprint density at radius 2 is 1.31 bits per heavy atom. The Labute approximate surface area is 205 Å². The quantitative estimate of drug-likeness (QED) is 0.234. The van der Waals surface area contributed by atoms with Crippen molar-refractivity contribution in [3.05, 3.63) is 101 Å². The molecule has 0 spiro atoms. The van der Waals surface area contributed by atoms with E-state index in [1.807, 2.05) is 25.2 Å². The number of aryl methyl sites for hydroxylation is 1. The number of halogens is 4. The highest BCUT2D eigenvalue weighted by Gasteiger charge is 2.20. The molecule has 0 nitrogen and oxygen atoms in total. The summed E-state index contributed by atoms with van der Waals surface area (Å²) < 4.78 is 59.3. The van der Waals surface area contributed by atoms with Gasteiger partial charge in [-0.2, -0.15) is 0 Å². The summed E-state index contributed by atoms with van der Waals surface area (Å²) in [5.41, 5.74) is 2.74. The summed E-state index contributed by atoms with van der Waals surface area (Å²) >= 11 is 0. The predicted octanol–water partition coefficient (Wildman–Crippen LogP) is 9.68. The molecular weight excluding hydrogens is 448 g/mol. The van der Waals surface area contributed by atoms with Crippen molar-refractivity contribution in [2.45, 2.75) is 52.4 Å². The molecular formula is C31H30F4. The van der Waals surface area contributed by atoms with Crippen molar-refractivity contribution in [3.63, 3.8) is 0 Å². The average Bonchev–Trinajstić information content (AvgIpc) is 2.87. The molecule has 0 amide bonds. The van der Waals surface area contributed by atoms with Gasteiger partial charge in [-0.05, 0) is 66.7 Å². The monoisotopic (exact) mass is 478 g/mol. The van der Waals surface area contributed by atoms with Gasteiger partial charge in [0.2, 0.25) is 0 Å². The lowest BCUT2D eigenvalue weighted by atomic mass is 9.87. The Kier molecular flexibility index (Phi) is 7.90. The third-order valence-electron chi connectivity index (χ3n) is 6.75. The van der Waals surface area contributed by atoms with Crippen LogP contribution in [0.2, 0.25) is 0 Å². The number of rotatable bonds is 7. The van der Waals surface area contributed by atoms with Crippen molar-refractivity contribution in [3.8, 4) is 22.3 Å². The summed E-state index contributed by atoms with van der Waals surface area (Å²) in [7, 11) is 0. The van der Waals surface area contributed by atoms with Crippen LogP contribution >= 0.6 is 0 Å². The van der Waals surface area contributed by atoms with Gasteiger partial charge < -0.3 is 0 Å². The Morgan fingerprint density at radius 3 is 1.91 bits per heavy atom. The molecule has 0 radical (unpaired) electrons. The van der Waals surface area contributed by atoms with Gasteiger partial charge in [-0.15, -0.1) is 0 Å². The van der Waals surface area contributed by atoms with Gasteiger partial charge >= 0.3 is 0 Å². The fourth-order valence-corrected chi connectivity index (χ4v) is 4.59. The lowest BCUT2D eigenvalue weighted by Crippen LogP contribution is -2.04. The van der Waals surface area contributed by atoms with Gasteiger partial charge in [0, 0.05) is 16.7 Å². The maximum absolute atomic E-state index is 15.0. The van der Waals surface area contributed by atoms with E-state index in [1.54, 1.807) is 48.5 Å². The first-order chi connectivity index (χ1) is 16.9. The van der Waals surface area contributed by atoms with Gasteiger partial charge in [0.15, 0.2) is 23.3 Å². The van der Waals surface area contributed by atoms with E-state index in [0.717, 1.165) is 31.3 Å². The number of hydrogen-bond donors (Lipinski definition) is 0. The topological polar surface area (TPSA) is 0 Å². The van der Waals surface area contributed by atoms with Gasteiger partial charge in [0.25, 0.3) is 0 Å². The van der Waals surface area contributed by atoms with Crippen LogP contribution in [0.3, 0.4) is 0 Å². The Balaban J connectivity index is 1.57. The molecule has 4 heteroatoms. The number of allylic oxidation sites excluding steroid dienone is 4. The van der Waals surface area contributed by atoms with E-state index < -0.39 is 23.3 Å². The van der Waals surface area contributed by atoms with E-state index in [4.69, 9.17) is 0 Å². The highest BCUT2D eigenvalue weighted by molar-refractivity contribution is 5.74. The minimum atomic E-state index is -0.897. The number of benzene rings is 3. The number of hydrogen-bond acceptors (Lipinski definition) is 0. The van der Waals surface area contributed by atoms with Gasteiger partial charge in [-0.25, -0.2) is 17.6 Å². The minimum Gasteiger partial charge on any atom is -0.203 e. The van der Waals surface area contributed by atoms with Gasteiger partial charge in [-0.3, -0.25) is 0 Å². The lowest BCUT2D eigenvalue weighted by Gasteiger charge is -2.19. The molecule has 0 bridgehead atoms. The largest absolute Gasteiger partial charge is 0.203 e. The van der Waals surface area contributed by atoms with Gasteiger partial charge in [0.05, 0.1) is 0 Å². The molecule has 0 saturated carbocycles. The van der Waals surface area contributed by atoms with E-state index >= 15 is 0 Å². The summed E-state index contributed by atoms with van der Waals surface area (Å²) in [5, 5.41) is 0. The molecule has 4 rings (SSSR count). The van der Waals surface area contributed by atoms with E-state index in [-0.39, 0.29) is 11.1 Å². The van der Waals surface area contributed by atoms with Crippen LogP contribution in [0.1, 0.15) is 57.1 Å². The Hall–Kier alpha value is -3.14. The summed E-state index contributed by atoms with van der Waals surface area (Å²) in [6.45, 7) is 4.17. The fraction of sp³-hybridized carbons (Fsp3) is 0.290. The molecule has 1 aliphatic carbocycles. The van der Waals surface area contributed by atoms with Crippen molar-refractivity contribution in [2.24, 2.45) is 5.92 Å². The van der Waals surface area contributed by atoms with Crippen LogP contribution < -0.4 is 0 Å². The lowest BCUT2D eigenvalue weighted by molar-refractivity contribution is 0.501. The van der Waals surface area contributed by atoms with Crippen molar-refractivity contribution in [2.75, 3.05) is 0 Å². The molecule has 35 heavy (non-hydrogen) atoms. The van der Waals surface area contributed by atoms with Crippen LogP contribution in [0.15, 0.2) is 66.8 Å². The highest BCUT2D eigenvalue weighted by Crippen LogP contribution is 2.35. The smallest absolute Gasteiger partial charge is 0.167 e. The summed E-state index contributed by atoms with van der Waals surface area (Å²) in [4.78, 5) is 0. The zero-order valence-electron chi connectivity index (χ0n) is 20.2. The zero-order chi connectivity index (χ0) is 24.9. The molecule has 1 unspecified atom stereocenters. The second-order valence-electron chi connectivity index (χ2n) is 9.29. The van der Waals surface area contributed by atoms with E-state index in [9.17, 15) is 17.6 Å². The van der Waals surface area contributed by atoms with Crippen LogP contribution in [-0.4, -0.2) is 0 Å². The van der Waals surface area contributed by atoms with Crippen molar-refractivity contribution >= 4 is 5.57 Å². The third-order valence-corrected chi connectivity index (χ3v) is 6.75. The molecule has 0 aliphatic heterocycles. The normalized spacial score (nSPS) is 16.1. The fourth-order valence-electron chi connectivity index (χ4n) is 4.59. The molecule has 3 aromatic rings. The van der Waals surface area contributed by atoms with Crippen LogP contribution in [-0.2, 0) is 6.42 Å². The predicted molar refractivity (Wildman–Crippen MR) is 136 cm³/mol. The maximum Gasteiger partial charge on any atom is 0.167 e. The second kappa shape index (κ2) is 11.1. The van der Waals surface area contributed by atoms with Crippen LogP contribution in [0.25, 0.3) is 27.8 Å². The van der Waals surface area contributed by atoms with E-state index in [2.05, 4.69) is 6.92 Å². The first kappa shape index (κ1) is 25.0. The third kappa shape index (κ3) is 5.42. The SMILES string of the molecule is CC/C=C/CCc1ccc(-c2ccc(-c3ccc(C4=CCC(C)CC4)c(F)c3F)cc2)c(F)c1F. The second-order valence-corrected chi connectivity index (χ2v) is 9.29. The Morgan fingerprint density at radius 1 is 0.743 bits per heavy atom. The van der Waals surface area contributed by atoms with Crippen molar-refractivity contribution in [1.82, 2.24) is 0 Å². The van der Waals surface area contributed by atoms with Gasteiger partial charge in [-0.1, -0.05) is 80.6 Å². The molecule has 1 aliphatic rings. The van der Waals surface area contributed by atoms with Crippen molar-refractivity contribution < 1.29 is 17.6 Å². The molecule has 3 aromatic carbocycles. The molecule has 0 fully saturated rings. The van der Waals surface area contributed by atoms with Crippen LogP contribution in [0.5, 0.6) is 0 Å². The highest BCUT2D eigenvalue weighted by atomic mass is 19.2. The van der Waals surface area contributed by atoms with Gasteiger partial charge in [0.1, 0.15) is 0 Å².